The summed E-state index contributed by atoms with van der Waals surface area (Å²) in [7, 11) is 0. The Morgan fingerprint density at radius 1 is 0.919 bits per heavy atom. The fourth-order valence-corrected chi connectivity index (χ4v) is 4.41. The van der Waals surface area contributed by atoms with Gasteiger partial charge < -0.3 is 9.88 Å². The molecule has 0 atom stereocenters. The van der Waals surface area contributed by atoms with Gasteiger partial charge in [0.05, 0.1) is 26.8 Å². The first kappa shape index (κ1) is 26.6. The zero-order valence-electron chi connectivity index (χ0n) is 17.7. The number of hydrogen-bond donors (Lipinski definition) is 2. The van der Waals surface area contributed by atoms with Crippen molar-refractivity contribution in [1.29, 1.82) is 0 Å². The third-order valence-corrected chi connectivity index (χ3v) is 6.20. The van der Waals surface area contributed by atoms with Crippen LogP contribution in [0.5, 0.6) is 0 Å². The fourth-order valence-electron chi connectivity index (χ4n) is 3.21. The van der Waals surface area contributed by atoms with Gasteiger partial charge in [-0.05, 0) is 24.3 Å². The highest BCUT2D eigenvalue weighted by molar-refractivity contribution is 7.15. The Kier molecular flexibility index (Phi) is 7.05. The van der Waals surface area contributed by atoms with E-state index in [4.69, 9.17) is 23.2 Å². The van der Waals surface area contributed by atoms with E-state index in [9.17, 15) is 35.9 Å². The third-order valence-electron chi connectivity index (χ3n) is 4.69. The molecule has 8 nitrogen and oxygen atoms in total. The topological polar surface area (TPSA) is 102 Å². The van der Waals surface area contributed by atoms with Gasteiger partial charge in [-0.1, -0.05) is 46.7 Å². The molecule has 0 spiro atoms. The van der Waals surface area contributed by atoms with E-state index in [2.05, 4.69) is 20.5 Å². The van der Waals surface area contributed by atoms with Crippen molar-refractivity contribution in [2.24, 2.45) is 0 Å². The number of anilines is 2. The molecule has 0 unspecified atom stereocenters. The number of nitrogens with zero attached hydrogens (tertiary/aromatic N) is 4. The molecule has 0 bridgehead atoms. The molecular formula is C20H10Cl2F6N6O2S. The lowest BCUT2D eigenvalue weighted by atomic mass is 10.2. The fraction of sp³-hybridized carbons (Fsp3) is 0.150. The number of amides is 2. The summed E-state index contributed by atoms with van der Waals surface area (Å²) in [5.41, 5.74) is -0.761. The van der Waals surface area contributed by atoms with Crippen LogP contribution >= 0.6 is 34.5 Å². The minimum atomic E-state index is -5.03. The molecule has 2 N–H and O–H groups in total. The summed E-state index contributed by atoms with van der Waals surface area (Å²) in [6.45, 7) is -0.986. The van der Waals surface area contributed by atoms with Gasteiger partial charge in [0.25, 0.3) is 5.91 Å². The molecule has 2 aromatic heterocycles. The Bertz CT molecular complexity index is 1500. The van der Waals surface area contributed by atoms with Gasteiger partial charge in [-0.3, -0.25) is 14.9 Å². The molecule has 4 aromatic rings. The van der Waals surface area contributed by atoms with Gasteiger partial charge in [0.15, 0.2) is 0 Å². The normalized spacial score (nSPS) is 12.1. The zero-order chi connectivity index (χ0) is 27.1. The molecular weight excluding hydrogens is 573 g/mol. The van der Waals surface area contributed by atoms with Gasteiger partial charge in [-0.25, -0.2) is 4.98 Å². The van der Waals surface area contributed by atoms with Gasteiger partial charge >= 0.3 is 12.4 Å². The lowest BCUT2D eigenvalue weighted by Gasteiger charge is -2.11. The molecule has 0 aliphatic carbocycles. The van der Waals surface area contributed by atoms with E-state index in [-0.39, 0.29) is 43.7 Å². The molecule has 17 heteroatoms. The van der Waals surface area contributed by atoms with Gasteiger partial charge in [0, 0.05) is 0 Å². The quantitative estimate of drug-likeness (QED) is 0.276. The van der Waals surface area contributed by atoms with Gasteiger partial charge in [-0.15, -0.1) is 10.2 Å². The highest BCUT2D eigenvalue weighted by atomic mass is 35.5. The molecule has 0 aliphatic heterocycles. The van der Waals surface area contributed by atoms with Gasteiger partial charge in [0.2, 0.25) is 21.9 Å². The second kappa shape index (κ2) is 9.79. The van der Waals surface area contributed by atoms with Crippen LogP contribution in [0.1, 0.15) is 21.2 Å². The van der Waals surface area contributed by atoms with Crippen molar-refractivity contribution in [3.8, 4) is 0 Å². The largest absolute Gasteiger partial charge is 0.449 e. The number of imidazole rings is 1. The van der Waals surface area contributed by atoms with E-state index in [1.807, 2.05) is 5.32 Å². The maximum absolute atomic E-state index is 13.8. The first-order chi connectivity index (χ1) is 17.3. The number of halogens is 8. The van der Waals surface area contributed by atoms with E-state index in [1.165, 1.54) is 36.4 Å². The smallest absolute Gasteiger partial charge is 0.320 e. The number of aromatic nitrogens is 4. The number of rotatable bonds is 5. The second-order valence-corrected chi connectivity index (χ2v) is 8.99. The summed E-state index contributed by atoms with van der Waals surface area (Å²) in [6.07, 6.45) is -9.83. The monoisotopic (exact) mass is 582 g/mol. The molecule has 0 aliphatic rings. The van der Waals surface area contributed by atoms with Gasteiger partial charge in [0.1, 0.15) is 12.1 Å². The second-order valence-electron chi connectivity index (χ2n) is 7.20. The van der Waals surface area contributed by atoms with Crippen LogP contribution in [0.3, 0.4) is 0 Å². The number of carbonyl (C=O) groups is 2. The summed E-state index contributed by atoms with van der Waals surface area (Å²) in [4.78, 5) is 28.7. The predicted molar refractivity (Wildman–Crippen MR) is 123 cm³/mol. The summed E-state index contributed by atoms with van der Waals surface area (Å²) in [6, 6.07) is 8.10. The van der Waals surface area contributed by atoms with E-state index < -0.39 is 46.7 Å². The van der Waals surface area contributed by atoms with Crippen molar-refractivity contribution in [1.82, 2.24) is 19.7 Å². The average molecular weight is 583 g/mol. The van der Waals surface area contributed by atoms with Crippen LogP contribution in [0.25, 0.3) is 11.0 Å². The number of hydrogen-bond acceptors (Lipinski definition) is 6. The minimum Gasteiger partial charge on any atom is -0.320 e. The van der Waals surface area contributed by atoms with Crippen LogP contribution < -0.4 is 10.6 Å². The number of nitrogens with one attached hydrogen (secondary N) is 2. The highest BCUT2D eigenvalue weighted by Crippen LogP contribution is 2.35. The summed E-state index contributed by atoms with van der Waals surface area (Å²) in [5, 5.41) is 8.57. The highest BCUT2D eigenvalue weighted by Gasteiger charge is 2.39. The van der Waals surface area contributed by atoms with E-state index >= 15 is 0 Å². The Morgan fingerprint density at radius 3 is 2.16 bits per heavy atom. The van der Waals surface area contributed by atoms with Gasteiger partial charge in [-0.2, -0.15) is 26.3 Å². The van der Waals surface area contributed by atoms with E-state index in [1.54, 1.807) is 0 Å². The molecule has 2 amide bonds. The van der Waals surface area contributed by atoms with E-state index in [0.29, 0.717) is 4.57 Å². The molecule has 2 heterocycles. The standard InChI is InChI=1S/C20H10Cl2F6N6O2S/c21-8-3-1-4-9(22)13(8)15(36)29-10-5-2-6-11-14(10)31-16(19(23,24)25)34(11)7-12(35)30-18-33-32-17(37-18)20(26,27)28/h1-6H,7H2,(H,29,36)(H,30,33,35). The van der Waals surface area contributed by atoms with Crippen LogP contribution in [0.2, 0.25) is 10.0 Å². The first-order valence-electron chi connectivity index (χ1n) is 9.78. The van der Waals surface area contributed by atoms with Crippen molar-refractivity contribution in [2.75, 3.05) is 10.6 Å². The first-order valence-corrected chi connectivity index (χ1v) is 11.4. The molecule has 37 heavy (non-hydrogen) atoms. The molecule has 0 fully saturated rings. The molecule has 194 valence electrons. The summed E-state index contributed by atoms with van der Waals surface area (Å²) >= 11 is 12.0. The maximum Gasteiger partial charge on any atom is 0.449 e. The summed E-state index contributed by atoms with van der Waals surface area (Å²) in [5.74, 6) is -3.42. The number of carbonyl (C=O) groups excluding carboxylic acids is 2. The Hall–Kier alpha value is -3.43. The molecule has 0 saturated heterocycles. The lowest BCUT2D eigenvalue weighted by molar-refractivity contribution is -0.147. The number of para-hydroxylation sites is 1. The number of fused-ring (bicyclic) bond motifs is 1. The van der Waals surface area contributed by atoms with Crippen LogP contribution in [-0.4, -0.2) is 31.6 Å². The Morgan fingerprint density at radius 2 is 1.57 bits per heavy atom. The SMILES string of the molecule is O=C(Cn1c(C(F)(F)F)nc2c(NC(=O)c3c(Cl)cccc3Cl)cccc21)Nc1nnc(C(F)(F)F)s1. The van der Waals surface area contributed by atoms with Crippen molar-refractivity contribution < 1.29 is 35.9 Å². The van der Waals surface area contributed by atoms with Crippen LogP contribution in [-0.2, 0) is 23.7 Å². The predicted octanol–water partition coefficient (Wildman–Crippen LogP) is 6.12. The Labute approximate surface area is 216 Å². The van der Waals surface area contributed by atoms with Crippen LogP contribution in [0, 0.1) is 0 Å². The van der Waals surface area contributed by atoms with Crippen LogP contribution in [0.15, 0.2) is 36.4 Å². The number of benzene rings is 2. The zero-order valence-corrected chi connectivity index (χ0v) is 20.0. The van der Waals surface area contributed by atoms with Crippen molar-refractivity contribution in [3.05, 3.63) is 62.8 Å². The maximum atomic E-state index is 13.8. The third kappa shape index (κ3) is 5.62. The van der Waals surface area contributed by atoms with Crippen molar-refractivity contribution in [3.63, 3.8) is 0 Å². The van der Waals surface area contributed by atoms with Crippen molar-refractivity contribution in [2.45, 2.75) is 18.9 Å². The Balaban J connectivity index is 1.67. The van der Waals surface area contributed by atoms with Crippen LogP contribution in [0.4, 0.5) is 37.2 Å². The van der Waals surface area contributed by atoms with E-state index in [0.717, 1.165) is 0 Å². The minimum absolute atomic E-state index is 0.000660. The molecule has 2 aromatic carbocycles. The summed E-state index contributed by atoms with van der Waals surface area (Å²) < 4.78 is 79.9. The molecule has 0 radical (unpaired) electrons. The average Bonchev–Trinajstić information content (AvgIpc) is 3.39. The molecule has 4 rings (SSSR count). The lowest BCUT2D eigenvalue weighted by Crippen LogP contribution is -2.23. The number of alkyl halides is 6. The molecule has 0 saturated carbocycles. The van der Waals surface area contributed by atoms with Crippen molar-refractivity contribution >= 4 is 68.2 Å².